The zero-order chi connectivity index (χ0) is 19.8. The topological polar surface area (TPSA) is 46.6 Å². The van der Waals surface area contributed by atoms with E-state index in [0.29, 0.717) is 5.92 Å². The molecule has 1 N–H and O–H groups in total. The number of para-hydroxylation sites is 3. The quantitative estimate of drug-likeness (QED) is 0.695. The molecule has 1 aromatic heterocycles. The minimum Gasteiger partial charge on any atom is -0.483 e. The molecule has 0 aliphatic carbocycles. The van der Waals surface area contributed by atoms with Gasteiger partial charge in [-0.3, -0.25) is 0 Å². The van der Waals surface area contributed by atoms with Crippen molar-refractivity contribution in [2.45, 2.75) is 38.0 Å². The highest BCUT2D eigenvalue weighted by atomic mass is 32.1. The number of fused-ring (bicyclic) bond motifs is 2. The maximum atomic E-state index is 6.39. The highest BCUT2D eigenvalue weighted by Crippen LogP contribution is 2.37. The molecule has 29 heavy (non-hydrogen) atoms. The lowest BCUT2D eigenvalue weighted by atomic mass is 9.84. The number of aromatic nitrogens is 1. The Kier molecular flexibility index (Phi) is 5.06. The average Bonchev–Trinajstić information content (AvgIpc) is 3.19. The van der Waals surface area contributed by atoms with E-state index in [4.69, 9.17) is 14.5 Å². The van der Waals surface area contributed by atoms with Crippen molar-refractivity contribution in [1.82, 2.24) is 10.3 Å². The molecule has 0 saturated carbocycles. The maximum Gasteiger partial charge on any atom is 0.186 e. The van der Waals surface area contributed by atoms with Gasteiger partial charge in [-0.1, -0.05) is 35.6 Å². The van der Waals surface area contributed by atoms with Crippen LogP contribution in [0.5, 0.6) is 11.5 Å². The van der Waals surface area contributed by atoms with E-state index >= 15 is 0 Å². The third-order valence-electron chi connectivity index (χ3n) is 6.18. The van der Waals surface area contributed by atoms with Crippen molar-refractivity contribution < 1.29 is 9.47 Å². The average molecular weight is 410 g/mol. The summed E-state index contributed by atoms with van der Waals surface area (Å²) in [7, 11) is 2.04. The number of anilines is 1. The highest BCUT2D eigenvalue weighted by molar-refractivity contribution is 7.22. The number of nitrogens with zero attached hydrogens (tertiary/aromatic N) is 2. The van der Waals surface area contributed by atoms with Crippen LogP contribution in [-0.2, 0) is 0 Å². The lowest BCUT2D eigenvalue weighted by Crippen LogP contribution is -2.56. The van der Waals surface area contributed by atoms with Crippen molar-refractivity contribution in [3.8, 4) is 11.5 Å². The number of benzene rings is 2. The van der Waals surface area contributed by atoms with Crippen LogP contribution in [0.1, 0.15) is 19.8 Å². The number of nitrogens with one attached hydrogen (secondary N) is 1. The molecule has 1 fully saturated rings. The van der Waals surface area contributed by atoms with Crippen molar-refractivity contribution in [2.75, 3.05) is 25.0 Å². The van der Waals surface area contributed by atoms with Gasteiger partial charge in [0, 0.05) is 13.1 Å². The Morgan fingerprint density at radius 1 is 1.03 bits per heavy atom. The van der Waals surface area contributed by atoms with Crippen molar-refractivity contribution in [2.24, 2.45) is 5.92 Å². The first-order valence-electron chi connectivity index (χ1n) is 10.4. The predicted molar refractivity (Wildman–Crippen MR) is 118 cm³/mol. The fourth-order valence-electron chi connectivity index (χ4n) is 4.63. The second kappa shape index (κ2) is 7.84. The SMILES string of the molecule is CNC(C1CCN(c2nc3ccccc3s2)CC1)C1Oc2ccccc2OC1C. The van der Waals surface area contributed by atoms with E-state index in [1.54, 1.807) is 11.3 Å². The fourth-order valence-corrected chi connectivity index (χ4v) is 5.65. The van der Waals surface area contributed by atoms with Gasteiger partial charge in [-0.05, 0) is 57.0 Å². The smallest absolute Gasteiger partial charge is 0.186 e. The highest BCUT2D eigenvalue weighted by Gasteiger charge is 2.39. The number of ether oxygens (including phenoxy) is 2. The van der Waals surface area contributed by atoms with Gasteiger partial charge in [0.25, 0.3) is 0 Å². The van der Waals surface area contributed by atoms with Crippen LogP contribution in [0.4, 0.5) is 5.13 Å². The number of piperidine rings is 1. The summed E-state index contributed by atoms with van der Waals surface area (Å²) in [5, 5.41) is 4.69. The molecule has 3 aromatic rings. The van der Waals surface area contributed by atoms with Crippen LogP contribution in [0.25, 0.3) is 10.2 Å². The molecule has 6 heteroatoms. The molecule has 3 unspecified atom stereocenters. The standard InChI is InChI=1S/C23H27N3O2S/c1-15-22(28-19-9-5-4-8-18(19)27-15)21(24-2)16-11-13-26(14-12-16)23-25-17-7-3-6-10-20(17)29-23/h3-10,15-16,21-22,24H,11-14H2,1-2H3. The van der Waals surface area contributed by atoms with E-state index in [9.17, 15) is 0 Å². The molecule has 1 saturated heterocycles. The molecule has 2 aliphatic rings. The molecule has 5 nitrogen and oxygen atoms in total. The Labute approximate surface area is 175 Å². The zero-order valence-electron chi connectivity index (χ0n) is 16.9. The van der Waals surface area contributed by atoms with Crippen LogP contribution in [-0.4, -0.2) is 43.4 Å². The Bertz CT molecular complexity index is 950. The van der Waals surface area contributed by atoms with E-state index in [-0.39, 0.29) is 18.2 Å². The molecule has 0 amide bonds. The molecule has 0 bridgehead atoms. The largest absolute Gasteiger partial charge is 0.483 e. The molecule has 5 rings (SSSR count). The summed E-state index contributed by atoms with van der Waals surface area (Å²) in [6, 6.07) is 16.6. The van der Waals surface area contributed by atoms with E-state index in [0.717, 1.165) is 48.1 Å². The molecule has 2 aliphatic heterocycles. The first-order chi connectivity index (χ1) is 14.2. The van der Waals surface area contributed by atoms with Gasteiger partial charge in [-0.25, -0.2) is 4.98 Å². The molecule has 0 spiro atoms. The number of thiazole rings is 1. The van der Waals surface area contributed by atoms with E-state index < -0.39 is 0 Å². The van der Waals surface area contributed by atoms with Gasteiger partial charge in [-0.2, -0.15) is 0 Å². The summed E-state index contributed by atoms with van der Waals surface area (Å²) in [6.07, 6.45) is 2.27. The molecule has 3 heterocycles. The minimum atomic E-state index is 0.00824. The summed E-state index contributed by atoms with van der Waals surface area (Å²) < 4.78 is 13.8. The number of rotatable bonds is 4. The Morgan fingerprint density at radius 2 is 1.72 bits per heavy atom. The molecular weight excluding hydrogens is 382 g/mol. The summed E-state index contributed by atoms with van der Waals surface area (Å²) in [6.45, 7) is 4.17. The van der Waals surface area contributed by atoms with Crippen LogP contribution < -0.4 is 19.7 Å². The van der Waals surface area contributed by atoms with Crippen LogP contribution in [0.15, 0.2) is 48.5 Å². The van der Waals surface area contributed by atoms with Gasteiger partial charge in [0.05, 0.1) is 16.3 Å². The van der Waals surface area contributed by atoms with Crippen LogP contribution in [0.3, 0.4) is 0 Å². The van der Waals surface area contributed by atoms with E-state index in [1.807, 2.05) is 31.3 Å². The summed E-state index contributed by atoms with van der Waals surface area (Å²) >= 11 is 1.79. The third-order valence-corrected chi connectivity index (χ3v) is 7.27. The van der Waals surface area contributed by atoms with Crippen molar-refractivity contribution in [3.05, 3.63) is 48.5 Å². The second-order valence-electron chi connectivity index (χ2n) is 7.96. The zero-order valence-corrected chi connectivity index (χ0v) is 17.7. The van der Waals surface area contributed by atoms with E-state index in [2.05, 4.69) is 41.4 Å². The monoisotopic (exact) mass is 409 g/mol. The molecular formula is C23H27N3O2S. The lowest BCUT2D eigenvalue weighted by molar-refractivity contribution is -0.00629. The fraction of sp³-hybridized carbons (Fsp3) is 0.435. The van der Waals surface area contributed by atoms with Gasteiger partial charge in [0.2, 0.25) is 0 Å². The summed E-state index contributed by atoms with van der Waals surface area (Å²) in [5.41, 5.74) is 1.10. The van der Waals surface area contributed by atoms with Gasteiger partial charge in [-0.15, -0.1) is 0 Å². The normalized spacial score (nSPS) is 23.3. The minimum absolute atomic E-state index is 0.00824. The van der Waals surface area contributed by atoms with Crippen molar-refractivity contribution in [3.63, 3.8) is 0 Å². The number of hydrogen-bond donors (Lipinski definition) is 1. The van der Waals surface area contributed by atoms with Crippen molar-refractivity contribution in [1.29, 1.82) is 0 Å². The first-order valence-corrected chi connectivity index (χ1v) is 11.2. The lowest BCUT2D eigenvalue weighted by Gasteiger charge is -2.42. The first kappa shape index (κ1) is 18.7. The Morgan fingerprint density at radius 3 is 2.45 bits per heavy atom. The van der Waals surface area contributed by atoms with Gasteiger partial charge in [0.1, 0.15) is 6.10 Å². The van der Waals surface area contributed by atoms with Crippen LogP contribution in [0, 0.1) is 5.92 Å². The molecule has 2 aromatic carbocycles. The van der Waals surface area contributed by atoms with Crippen molar-refractivity contribution >= 4 is 26.7 Å². The number of hydrogen-bond acceptors (Lipinski definition) is 6. The maximum absolute atomic E-state index is 6.39. The predicted octanol–water partition coefficient (Wildman–Crippen LogP) is 4.33. The van der Waals surface area contributed by atoms with Crippen LogP contribution in [0.2, 0.25) is 0 Å². The molecule has 152 valence electrons. The number of likely N-dealkylation sites (N-methyl/N-ethyl adjacent to an activating group) is 1. The van der Waals surface area contributed by atoms with E-state index in [1.165, 1.54) is 4.70 Å². The summed E-state index contributed by atoms with van der Waals surface area (Å²) in [4.78, 5) is 7.27. The van der Waals surface area contributed by atoms with Gasteiger partial charge < -0.3 is 19.7 Å². The van der Waals surface area contributed by atoms with Crippen LogP contribution >= 0.6 is 11.3 Å². The summed E-state index contributed by atoms with van der Waals surface area (Å²) in [5.74, 6) is 2.24. The van der Waals surface area contributed by atoms with Gasteiger partial charge in [0.15, 0.2) is 22.7 Å². The third kappa shape index (κ3) is 3.55. The van der Waals surface area contributed by atoms with Gasteiger partial charge >= 0.3 is 0 Å². The molecule has 0 radical (unpaired) electrons. The Hall–Kier alpha value is -2.31. The second-order valence-corrected chi connectivity index (χ2v) is 8.96. The Balaban J connectivity index is 1.28. The molecule has 3 atom stereocenters.